The average Bonchev–Trinajstić information content (AvgIpc) is 3.25. The number of nitrogens with zero attached hydrogens (tertiary/aromatic N) is 1. The molecule has 8 heteroatoms. The molecule has 0 bridgehead atoms. The number of benzene rings is 2. The van der Waals surface area contributed by atoms with Gasteiger partial charge in [0.2, 0.25) is 5.91 Å². The number of carbonyl (C=O) groups is 2. The first-order valence-corrected chi connectivity index (χ1v) is 15.4. The fourth-order valence-electron chi connectivity index (χ4n) is 8.34. The largest absolute Gasteiger partial charge is 0.508 e. The van der Waals surface area contributed by atoms with E-state index in [1.54, 1.807) is 37.4 Å². The molecule has 2 aromatic carbocycles. The second-order valence-corrected chi connectivity index (χ2v) is 12.9. The van der Waals surface area contributed by atoms with Gasteiger partial charge in [-0.25, -0.2) is 4.39 Å². The van der Waals surface area contributed by atoms with E-state index in [9.17, 15) is 19.8 Å². The maximum absolute atomic E-state index is 16.0. The molecule has 0 saturated heterocycles. The zero-order chi connectivity index (χ0) is 30.0. The highest BCUT2D eigenvalue weighted by molar-refractivity contribution is 5.95. The Bertz CT molecular complexity index is 1270. The molecule has 2 amide bonds. The van der Waals surface area contributed by atoms with E-state index < -0.39 is 17.7 Å². The third-order valence-electron chi connectivity index (χ3n) is 10.3. The van der Waals surface area contributed by atoms with Crippen molar-refractivity contribution in [1.29, 1.82) is 0 Å². The maximum Gasteiger partial charge on any atom is 0.253 e. The Labute approximate surface area is 248 Å². The van der Waals surface area contributed by atoms with Crippen molar-refractivity contribution >= 4 is 17.5 Å². The number of phenolic OH excluding ortho intramolecular Hbond substituents is 1. The Balaban J connectivity index is 1.28. The summed E-state index contributed by atoms with van der Waals surface area (Å²) in [6.45, 7) is 5.03. The molecule has 5 rings (SSSR count). The van der Waals surface area contributed by atoms with Crippen LogP contribution in [0.1, 0.15) is 79.8 Å². The fraction of sp³-hybridized carbons (Fsp3) is 0.588. The number of phenols is 1. The number of fused-ring (bicyclic) bond motifs is 5. The summed E-state index contributed by atoms with van der Waals surface area (Å²) in [4.78, 5) is 26.5. The number of aliphatic hydroxyl groups is 1. The van der Waals surface area contributed by atoms with Crippen LogP contribution in [0.3, 0.4) is 0 Å². The smallest absolute Gasteiger partial charge is 0.253 e. The number of nitrogens with one attached hydrogen (secondary N) is 1. The van der Waals surface area contributed by atoms with Gasteiger partial charge in [0.15, 0.2) is 0 Å². The maximum atomic E-state index is 16.0. The highest BCUT2D eigenvalue weighted by Crippen LogP contribution is 2.63. The number of methoxy groups -OCH3 is 1. The molecule has 7 atom stereocenters. The molecule has 3 N–H and O–H groups in total. The van der Waals surface area contributed by atoms with Gasteiger partial charge in [-0.15, -0.1) is 0 Å². The minimum absolute atomic E-state index is 0.0770. The van der Waals surface area contributed by atoms with E-state index >= 15 is 4.39 Å². The van der Waals surface area contributed by atoms with E-state index in [1.165, 1.54) is 6.92 Å². The Kier molecular flexibility index (Phi) is 9.23. The number of halogens is 1. The van der Waals surface area contributed by atoms with Gasteiger partial charge in [-0.05, 0) is 109 Å². The third kappa shape index (κ3) is 6.06. The predicted octanol–water partition coefficient (Wildman–Crippen LogP) is 5.70. The van der Waals surface area contributed by atoms with Gasteiger partial charge in [-0.2, -0.15) is 0 Å². The van der Waals surface area contributed by atoms with Crippen LogP contribution in [0.5, 0.6) is 5.75 Å². The fourth-order valence-corrected chi connectivity index (χ4v) is 8.34. The van der Waals surface area contributed by atoms with E-state index in [-0.39, 0.29) is 41.2 Å². The van der Waals surface area contributed by atoms with Gasteiger partial charge in [0.1, 0.15) is 11.9 Å². The van der Waals surface area contributed by atoms with Crippen molar-refractivity contribution < 1.29 is 28.9 Å². The molecular formula is C34H45FN2O5. The van der Waals surface area contributed by atoms with Gasteiger partial charge in [0.25, 0.3) is 5.91 Å². The molecule has 2 fully saturated rings. The van der Waals surface area contributed by atoms with E-state index in [2.05, 4.69) is 12.2 Å². The van der Waals surface area contributed by atoms with Crippen LogP contribution in [0.4, 0.5) is 10.1 Å². The summed E-state index contributed by atoms with van der Waals surface area (Å²) < 4.78 is 21.3. The summed E-state index contributed by atoms with van der Waals surface area (Å²) in [6.07, 6.45) is 3.97. The lowest BCUT2D eigenvalue weighted by molar-refractivity contribution is -0.114. The number of carbonyl (C=O) groups excluding carboxylic acids is 2. The van der Waals surface area contributed by atoms with Gasteiger partial charge in [0, 0.05) is 44.3 Å². The number of alkyl halides is 1. The third-order valence-corrected chi connectivity index (χ3v) is 10.3. The normalized spacial score (nSPS) is 29.7. The summed E-state index contributed by atoms with van der Waals surface area (Å²) in [7, 11) is 1.62. The monoisotopic (exact) mass is 580 g/mol. The molecule has 228 valence electrons. The summed E-state index contributed by atoms with van der Waals surface area (Å²) in [5.74, 6) is 0.453. The van der Waals surface area contributed by atoms with Crippen molar-refractivity contribution in [3.63, 3.8) is 0 Å². The minimum Gasteiger partial charge on any atom is -0.508 e. The summed E-state index contributed by atoms with van der Waals surface area (Å²) >= 11 is 0. The van der Waals surface area contributed by atoms with Crippen LogP contribution >= 0.6 is 0 Å². The van der Waals surface area contributed by atoms with Crippen LogP contribution in [-0.4, -0.2) is 66.0 Å². The van der Waals surface area contributed by atoms with E-state index in [1.807, 2.05) is 17.0 Å². The first-order valence-electron chi connectivity index (χ1n) is 15.4. The molecule has 0 aliphatic heterocycles. The highest BCUT2D eigenvalue weighted by atomic mass is 19.1. The second kappa shape index (κ2) is 12.7. The number of anilines is 1. The number of amides is 2. The molecular weight excluding hydrogens is 535 g/mol. The predicted molar refractivity (Wildman–Crippen MR) is 160 cm³/mol. The molecule has 3 aliphatic rings. The second-order valence-electron chi connectivity index (χ2n) is 12.9. The molecule has 0 spiro atoms. The zero-order valence-electron chi connectivity index (χ0n) is 25.0. The quantitative estimate of drug-likeness (QED) is 0.313. The molecule has 0 unspecified atom stereocenters. The number of rotatable bonds is 10. The Morgan fingerprint density at radius 1 is 1.12 bits per heavy atom. The number of hydrogen-bond acceptors (Lipinski definition) is 5. The van der Waals surface area contributed by atoms with Crippen LogP contribution < -0.4 is 5.32 Å². The standard InChI is InChI=1S/C34H45FN2O5/c1-21(38)36-25-9-7-22(8-10-25)33(41)37(16-17-42-3)15-5-4-6-23-18-24-19-26(39)11-12-27(24)32-29(35)20-34(2)28(31(23)32)13-14-30(34)40/h7-12,19,23,28-32,39-40H,4-6,13-18,20H2,1-3H3,(H,36,38)/t23-,28+,29+,30+,31+,32+,34+/m1/s1. The van der Waals surface area contributed by atoms with Crippen molar-refractivity contribution in [3.05, 3.63) is 59.2 Å². The number of unbranched alkanes of at least 4 members (excludes halogenated alkanes) is 1. The van der Waals surface area contributed by atoms with E-state index in [0.717, 1.165) is 49.7 Å². The topological polar surface area (TPSA) is 99.1 Å². The van der Waals surface area contributed by atoms with Crippen LogP contribution in [0.15, 0.2) is 42.5 Å². The van der Waals surface area contributed by atoms with Crippen LogP contribution in [0.2, 0.25) is 0 Å². The first kappa shape index (κ1) is 30.5. The van der Waals surface area contributed by atoms with Crippen LogP contribution in [0.25, 0.3) is 0 Å². The lowest BCUT2D eigenvalue weighted by atomic mass is 9.51. The first-order chi connectivity index (χ1) is 20.1. The number of hydrogen-bond donors (Lipinski definition) is 3. The Morgan fingerprint density at radius 2 is 1.88 bits per heavy atom. The average molecular weight is 581 g/mol. The lowest BCUT2D eigenvalue weighted by Crippen LogP contribution is -2.51. The Morgan fingerprint density at radius 3 is 2.60 bits per heavy atom. The molecule has 0 aromatic heterocycles. The van der Waals surface area contributed by atoms with Gasteiger partial charge < -0.3 is 25.2 Å². The highest BCUT2D eigenvalue weighted by Gasteiger charge is 2.59. The van der Waals surface area contributed by atoms with Gasteiger partial charge in [-0.3, -0.25) is 9.59 Å². The molecule has 0 heterocycles. The van der Waals surface area contributed by atoms with Gasteiger partial charge in [0.05, 0.1) is 12.7 Å². The number of ether oxygens (including phenoxy) is 1. The van der Waals surface area contributed by atoms with Crippen molar-refractivity contribution in [2.24, 2.45) is 23.2 Å². The molecule has 7 nitrogen and oxygen atoms in total. The summed E-state index contributed by atoms with van der Waals surface area (Å²) in [5, 5.41) is 23.8. The number of aromatic hydroxyl groups is 1. The van der Waals surface area contributed by atoms with Crippen LogP contribution in [-0.2, 0) is 16.0 Å². The molecule has 42 heavy (non-hydrogen) atoms. The van der Waals surface area contributed by atoms with Crippen LogP contribution in [0, 0.1) is 23.2 Å². The van der Waals surface area contributed by atoms with E-state index in [4.69, 9.17) is 4.74 Å². The van der Waals surface area contributed by atoms with Gasteiger partial charge >= 0.3 is 0 Å². The minimum atomic E-state index is -1.02. The van der Waals surface area contributed by atoms with Crippen molar-refractivity contribution in [2.75, 3.05) is 32.1 Å². The van der Waals surface area contributed by atoms with Crippen molar-refractivity contribution in [1.82, 2.24) is 4.90 Å². The molecule has 2 aromatic rings. The SMILES string of the molecule is COCCN(CCCC[C@@H]1Cc2cc(O)ccc2[C@@H]2[C@@H]1[C@@H]1CC[C@H](O)[C@@]1(C)C[C@@H]2F)C(=O)c1ccc(NC(C)=O)cc1. The van der Waals surface area contributed by atoms with Gasteiger partial charge in [-0.1, -0.05) is 19.4 Å². The lowest BCUT2D eigenvalue weighted by Gasteiger charge is -2.54. The zero-order valence-corrected chi connectivity index (χ0v) is 25.0. The summed E-state index contributed by atoms with van der Waals surface area (Å²) in [5.41, 5.74) is 2.89. The Hall–Kier alpha value is -2.97. The number of aliphatic hydroxyl groups excluding tert-OH is 1. The van der Waals surface area contributed by atoms with Crippen molar-refractivity contribution in [3.8, 4) is 5.75 Å². The molecule has 2 saturated carbocycles. The summed E-state index contributed by atoms with van der Waals surface area (Å²) in [6, 6.07) is 12.3. The molecule has 0 radical (unpaired) electrons. The molecule has 3 aliphatic carbocycles. The van der Waals surface area contributed by atoms with E-state index in [0.29, 0.717) is 37.4 Å². The van der Waals surface area contributed by atoms with Crippen molar-refractivity contribution in [2.45, 2.75) is 77.0 Å².